The maximum atomic E-state index is 12.3. The van der Waals surface area contributed by atoms with Gasteiger partial charge >= 0.3 is 0 Å². The molecule has 134 valence electrons. The number of benzene rings is 1. The van der Waals surface area contributed by atoms with Crippen LogP contribution in [0.25, 0.3) is 0 Å². The first-order chi connectivity index (χ1) is 12.2. The van der Waals surface area contributed by atoms with E-state index in [2.05, 4.69) is 10.4 Å². The molecule has 0 unspecified atom stereocenters. The van der Waals surface area contributed by atoms with E-state index in [1.165, 1.54) is 10.7 Å². The van der Waals surface area contributed by atoms with Crippen molar-refractivity contribution in [2.24, 2.45) is 0 Å². The molecule has 1 heterocycles. The van der Waals surface area contributed by atoms with Gasteiger partial charge in [-0.2, -0.15) is 5.10 Å². The van der Waals surface area contributed by atoms with Crippen LogP contribution in [0, 0.1) is 0 Å². The highest BCUT2D eigenvalue weighted by molar-refractivity contribution is 5.94. The predicted molar refractivity (Wildman–Crippen MR) is 94.2 cm³/mol. The molecule has 0 spiro atoms. The minimum Gasteiger partial charge on any atom is -0.490 e. The summed E-state index contributed by atoms with van der Waals surface area (Å²) >= 11 is 0. The molecule has 0 radical (unpaired) electrons. The number of aryl methyl sites for hydroxylation is 1. The fourth-order valence-corrected chi connectivity index (χ4v) is 2.28. The van der Waals surface area contributed by atoms with Crippen LogP contribution in [0.5, 0.6) is 11.5 Å². The number of carbonyl (C=O) groups excluding carboxylic acids is 1. The second kappa shape index (κ2) is 9.46. The van der Waals surface area contributed by atoms with Gasteiger partial charge in [-0.15, -0.1) is 0 Å². The summed E-state index contributed by atoms with van der Waals surface area (Å²) in [5.74, 6) is 0.977. The Labute approximate surface area is 146 Å². The maximum absolute atomic E-state index is 12.3. The Kier molecular flexibility index (Phi) is 7.00. The molecule has 1 aromatic heterocycles. The predicted octanol–water partition coefficient (Wildman–Crippen LogP) is 1.86. The Morgan fingerprint density at radius 2 is 1.92 bits per heavy atom. The smallest absolute Gasteiger partial charge is 0.266 e. The van der Waals surface area contributed by atoms with Crippen LogP contribution < -0.4 is 20.3 Å². The van der Waals surface area contributed by atoms with E-state index in [4.69, 9.17) is 9.47 Å². The molecular formula is C18H23N3O4. The molecule has 0 fully saturated rings. The number of hydrogen-bond donors (Lipinski definition) is 1. The summed E-state index contributed by atoms with van der Waals surface area (Å²) in [4.78, 5) is 23.8. The fourth-order valence-electron chi connectivity index (χ4n) is 2.28. The van der Waals surface area contributed by atoms with Crippen molar-refractivity contribution in [2.45, 2.75) is 26.8 Å². The van der Waals surface area contributed by atoms with E-state index in [1.54, 1.807) is 30.5 Å². The lowest BCUT2D eigenvalue weighted by molar-refractivity contribution is 0.0952. The van der Waals surface area contributed by atoms with Crippen molar-refractivity contribution in [3.8, 4) is 11.5 Å². The Balaban J connectivity index is 1.90. The van der Waals surface area contributed by atoms with Gasteiger partial charge in [-0.3, -0.25) is 9.59 Å². The molecule has 0 atom stereocenters. The molecular weight excluding hydrogens is 322 g/mol. The van der Waals surface area contributed by atoms with Gasteiger partial charge in [-0.05, 0) is 44.5 Å². The van der Waals surface area contributed by atoms with Crippen LogP contribution in [0.2, 0.25) is 0 Å². The first kappa shape index (κ1) is 18.5. The Morgan fingerprint density at radius 3 is 2.64 bits per heavy atom. The lowest BCUT2D eigenvalue weighted by Gasteiger charge is -2.12. The van der Waals surface area contributed by atoms with E-state index >= 15 is 0 Å². The van der Waals surface area contributed by atoms with E-state index in [0.29, 0.717) is 49.8 Å². The first-order valence-electron chi connectivity index (χ1n) is 8.35. The lowest BCUT2D eigenvalue weighted by Crippen LogP contribution is -2.27. The van der Waals surface area contributed by atoms with E-state index in [-0.39, 0.29) is 11.5 Å². The van der Waals surface area contributed by atoms with Gasteiger partial charge in [0.25, 0.3) is 11.5 Å². The first-order valence-corrected chi connectivity index (χ1v) is 8.35. The number of ether oxygens (including phenoxy) is 2. The average Bonchev–Trinajstić information content (AvgIpc) is 2.62. The molecule has 1 amide bonds. The molecule has 1 N–H and O–H groups in total. The van der Waals surface area contributed by atoms with Gasteiger partial charge < -0.3 is 14.8 Å². The summed E-state index contributed by atoms with van der Waals surface area (Å²) < 4.78 is 12.4. The molecule has 25 heavy (non-hydrogen) atoms. The van der Waals surface area contributed by atoms with Gasteiger partial charge in [0.15, 0.2) is 11.5 Å². The maximum Gasteiger partial charge on any atom is 0.266 e. The number of nitrogens with zero attached hydrogens (tertiary/aromatic N) is 2. The molecule has 0 saturated carbocycles. The molecule has 0 aliphatic carbocycles. The molecule has 2 rings (SSSR count). The van der Waals surface area contributed by atoms with Gasteiger partial charge in [0, 0.05) is 30.9 Å². The molecule has 0 aliphatic heterocycles. The zero-order chi connectivity index (χ0) is 18.1. The van der Waals surface area contributed by atoms with Gasteiger partial charge in [0.2, 0.25) is 0 Å². The summed E-state index contributed by atoms with van der Waals surface area (Å²) in [6.07, 6.45) is 2.17. The fraction of sp³-hybridized carbons (Fsp3) is 0.389. The number of amides is 1. The highest BCUT2D eigenvalue weighted by Gasteiger charge is 2.11. The normalized spacial score (nSPS) is 10.3. The van der Waals surface area contributed by atoms with Crippen molar-refractivity contribution < 1.29 is 14.3 Å². The lowest BCUT2D eigenvalue weighted by atomic mass is 10.2. The average molecular weight is 345 g/mol. The Bertz CT molecular complexity index is 758. The van der Waals surface area contributed by atoms with Crippen LogP contribution in [-0.2, 0) is 6.54 Å². The molecule has 0 saturated heterocycles. The standard InChI is InChI=1S/C18H23N3O4/c1-3-24-15-9-8-14(13-16(15)25-4-2)18(23)19-10-6-12-21-17(22)7-5-11-20-21/h5,7-9,11,13H,3-4,6,10,12H2,1-2H3,(H,19,23). The van der Waals surface area contributed by atoms with Crippen LogP contribution >= 0.6 is 0 Å². The van der Waals surface area contributed by atoms with Gasteiger partial charge in [0.05, 0.1) is 13.2 Å². The summed E-state index contributed by atoms with van der Waals surface area (Å²) in [5, 5.41) is 6.80. The Hall–Kier alpha value is -2.83. The molecule has 0 aliphatic rings. The van der Waals surface area contributed by atoms with Gasteiger partial charge in [0.1, 0.15) is 0 Å². The molecule has 0 bridgehead atoms. The van der Waals surface area contributed by atoms with Crippen LogP contribution in [-0.4, -0.2) is 35.4 Å². The number of carbonyl (C=O) groups is 1. The van der Waals surface area contributed by atoms with Crippen LogP contribution in [0.4, 0.5) is 0 Å². The second-order valence-corrected chi connectivity index (χ2v) is 5.22. The zero-order valence-corrected chi connectivity index (χ0v) is 14.5. The van der Waals surface area contributed by atoms with E-state index in [1.807, 2.05) is 13.8 Å². The SMILES string of the molecule is CCOc1ccc(C(=O)NCCCn2ncccc2=O)cc1OCC. The van der Waals surface area contributed by atoms with E-state index in [0.717, 1.165) is 0 Å². The number of hydrogen-bond acceptors (Lipinski definition) is 5. The highest BCUT2D eigenvalue weighted by Crippen LogP contribution is 2.28. The summed E-state index contributed by atoms with van der Waals surface area (Å²) in [6.45, 7) is 5.68. The zero-order valence-electron chi connectivity index (χ0n) is 14.5. The highest BCUT2D eigenvalue weighted by atomic mass is 16.5. The summed E-state index contributed by atoms with van der Waals surface area (Å²) in [7, 11) is 0. The van der Waals surface area contributed by atoms with Crippen molar-refractivity contribution in [3.05, 3.63) is 52.4 Å². The summed E-state index contributed by atoms with van der Waals surface area (Å²) in [5.41, 5.74) is 0.351. The van der Waals surface area contributed by atoms with E-state index in [9.17, 15) is 9.59 Å². The third-order valence-electron chi connectivity index (χ3n) is 3.42. The Morgan fingerprint density at radius 1 is 1.16 bits per heavy atom. The monoisotopic (exact) mass is 345 g/mol. The third-order valence-corrected chi connectivity index (χ3v) is 3.42. The molecule has 7 nitrogen and oxygen atoms in total. The van der Waals surface area contributed by atoms with Gasteiger partial charge in [-0.1, -0.05) is 0 Å². The largest absolute Gasteiger partial charge is 0.490 e. The summed E-state index contributed by atoms with van der Waals surface area (Å²) in [6, 6.07) is 8.17. The van der Waals surface area contributed by atoms with E-state index < -0.39 is 0 Å². The van der Waals surface area contributed by atoms with Crippen molar-refractivity contribution >= 4 is 5.91 Å². The van der Waals surface area contributed by atoms with Gasteiger partial charge in [-0.25, -0.2) is 4.68 Å². The van der Waals surface area contributed by atoms with Crippen LogP contribution in [0.3, 0.4) is 0 Å². The van der Waals surface area contributed by atoms with Crippen LogP contribution in [0.15, 0.2) is 41.3 Å². The molecule has 2 aromatic rings. The van der Waals surface area contributed by atoms with Crippen molar-refractivity contribution in [2.75, 3.05) is 19.8 Å². The number of nitrogens with one attached hydrogen (secondary N) is 1. The minimum absolute atomic E-state index is 0.151. The van der Waals surface area contributed by atoms with Crippen LogP contribution in [0.1, 0.15) is 30.6 Å². The topological polar surface area (TPSA) is 82.5 Å². The number of rotatable bonds is 9. The molecule has 1 aromatic carbocycles. The van der Waals surface area contributed by atoms with Crippen molar-refractivity contribution in [3.63, 3.8) is 0 Å². The number of aromatic nitrogens is 2. The second-order valence-electron chi connectivity index (χ2n) is 5.22. The quantitative estimate of drug-likeness (QED) is 0.702. The third kappa shape index (κ3) is 5.34. The minimum atomic E-state index is -0.197. The molecule has 7 heteroatoms. The van der Waals surface area contributed by atoms with Crippen molar-refractivity contribution in [1.82, 2.24) is 15.1 Å². The van der Waals surface area contributed by atoms with Crippen molar-refractivity contribution in [1.29, 1.82) is 0 Å².